The number of nitriles is 1. The van der Waals surface area contributed by atoms with Gasteiger partial charge in [-0.1, -0.05) is 44.2 Å². The number of carbonyl (C=O) groups excluding carboxylic acids is 5. The van der Waals surface area contributed by atoms with Gasteiger partial charge >= 0.3 is 12.1 Å². The van der Waals surface area contributed by atoms with Crippen LogP contribution in [0.25, 0.3) is 0 Å². The Morgan fingerprint density at radius 3 is 2.08 bits per heavy atom. The van der Waals surface area contributed by atoms with Crippen molar-refractivity contribution in [3.05, 3.63) is 101 Å². The van der Waals surface area contributed by atoms with E-state index in [1.165, 1.54) is 81.6 Å². The second-order valence-corrected chi connectivity index (χ2v) is 11.7. The molecule has 0 saturated carbocycles. The summed E-state index contributed by atoms with van der Waals surface area (Å²) in [5, 5.41) is 17.2. The van der Waals surface area contributed by atoms with Crippen molar-refractivity contribution in [2.75, 3.05) is 13.7 Å². The highest BCUT2D eigenvalue weighted by atomic mass is 19.4. The molecule has 0 bridgehead atoms. The van der Waals surface area contributed by atoms with Crippen LogP contribution in [0, 0.1) is 23.1 Å². The molecule has 0 aliphatic rings. The van der Waals surface area contributed by atoms with Crippen LogP contribution in [0.2, 0.25) is 0 Å². The molecule has 3 aromatic rings. The Labute approximate surface area is 293 Å². The molecule has 17 heteroatoms. The first kappa shape index (κ1) is 40.5. The van der Waals surface area contributed by atoms with Crippen molar-refractivity contribution in [3.8, 4) is 11.8 Å². The number of hydrogen-bond donors (Lipinski definition) is 4. The second kappa shape index (κ2) is 17.3. The lowest BCUT2D eigenvalue weighted by Gasteiger charge is -2.28. The summed E-state index contributed by atoms with van der Waals surface area (Å²) in [4.78, 5) is 65.7. The van der Waals surface area contributed by atoms with Gasteiger partial charge in [0.25, 0.3) is 11.8 Å². The average molecular weight is 734 g/mol. The molecule has 0 aliphatic carbocycles. The molecule has 3 aromatic carbocycles. The Kier molecular flexibility index (Phi) is 13.5. The van der Waals surface area contributed by atoms with E-state index >= 15 is 0 Å². The summed E-state index contributed by atoms with van der Waals surface area (Å²) in [6.45, 7) is 0.300. The standard InChI is InChI=1S/C35H33F6N5O6/c1-19(2)27(29(47)35(40,41)33(51)43-18-34(37,38)39)45-32(50)28(22-10-12-25(52-3)13-11-22)46-31(49)26(16-20-6-5-9-24(36)15-20)44-30(48)23-8-4-7-21(14-23)17-42/h4-15,19,26-28H,16,18H2,1-3H3,(H,43,51)(H,44,48)(H,45,50)(H,46,49)/t26-,27-,28-/m0/s1. The maximum Gasteiger partial charge on any atom is 0.405 e. The number of carbonyl (C=O) groups is 5. The van der Waals surface area contributed by atoms with Crippen molar-refractivity contribution in [1.29, 1.82) is 5.26 Å². The van der Waals surface area contributed by atoms with E-state index in [4.69, 9.17) is 4.74 Å². The zero-order valence-electron chi connectivity index (χ0n) is 27.8. The molecule has 4 N–H and O–H groups in total. The molecule has 3 atom stereocenters. The molecule has 0 aromatic heterocycles. The highest BCUT2D eigenvalue weighted by Gasteiger charge is 2.52. The Morgan fingerprint density at radius 2 is 1.50 bits per heavy atom. The molecule has 0 aliphatic heterocycles. The van der Waals surface area contributed by atoms with Gasteiger partial charge in [-0.05, 0) is 59.5 Å². The fourth-order valence-electron chi connectivity index (χ4n) is 4.79. The van der Waals surface area contributed by atoms with Crippen molar-refractivity contribution >= 4 is 29.4 Å². The number of halogens is 6. The minimum atomic E-state index is -5.06. The van der Waals surface area contributed by atoms with E-state index in [2.05, 4.69) is 16.0 Å². The summed E-state index contributed by atoms with van der Waals surface area (Å²) in [6.07, 6.45) is -5.38. The minimum Gasteiger partial charge on any atom is -0.497 e. The van der Waals surface area contributed by atoms with Crippen LogP contribution in [-0.4, -0.2) is 67.2 Å². The van der Waals surface area contributed by atoms with Crippen LogP contribution in [0.5, 0.6) is 5.75 Å². The lowest BCUT2D eigenvalue weighted by atomic mass is 9.94. The van der Waals surface area contributed by atoms with Crippen LogP contribution in [0.3, 0.4) is 0 Å². The van der Waals surface area contributed by atoms with Crippen LogP contribution in [0.15, 0.2) is 72.8 Å². The number of benzene rings is 3. The number of rotatable bonds is 15. The number of methoxy groups -OCH3 is 1. The average Bonchev–Trinajstić information content (AvgIpc) is 3.10. The van der Waals surface area contributed by atoms with Crippen LogP contribution in [0.1, 0.15) is 46.9 Å². The van der Waals surface area contributed by atoms with Crippen molar-refractivity contribution in [1.82, 2.24) is 21.3 Å². The summed E-state index contributed by atoms with van der Waals surface area (Å²) < 4.78 is 86.6. The predicted octanol–water partition coefficient (Wildman–Crippen LogP) is 3.93. The van der Waals surface area contributed by atoms with Gasteiger partial charge in [0, 0.05) is 12.0 Å². The van der Waals surface area contributed by atoms with E-state index in [0.717, 1.165) is 17.4 Å². The summed E-state index contributed by atoms with van der Waals surface area (Å²) >= 11 is 0. The van der Waals surface area contributed by atoms with Crippen molar-refractivity contribution < 1.29 is 55.1 Å². The van der Waals surface area contributed by atoms with Crippen LogP contribution >= 0.6 is 0 Å². The Hall–Kier alpha value is -5.92. The number of nitrogens with zero attached hydrogens (tertiary/aromatic N) is 1. The van der Waals surface area contributed by atoms with Gasteiger partial charge in [-0.2, -0.15) is 27.2 Å². The van der Waals surface area contributed by atoms with Gasteiger partial charge < -0.3 is 26.0 Å². The topological polar surface area (TPSA) is 166 Å². The molecule has 0 saturated heterocycles. The molecule has 52 heavy (non-hydrogen) atoms. The fourth-order valence-corrected chi connectivity index (χ4v) is 4.79. The highest BCUT2D eigenvalue weighted by molar-refractivity contribution is 6.11. The number of alkyl halides is 5. The monoisotopic (exact) mass is 733 g/mol. The van der Waals surface area contributed by atoms with Gasteiger partial charge in [0.05, 0.1) is 24.8 Å². The minimum absolute atomic E-state index is 0.0148. The molecule has 276 valence electrons. The number of Topliss-reactive ketones (excluding diaryl/α,β-unsaturated/α-hetero) is 1. The van der Waals surface area contributed by atoms with Crippen LogP contribution < -0.4 is 26.0 Å². The lowest BCUT2D eigenvalue weighted by Crippen LogP contribution is -2.58. The van der Waals surface area contributed by atoms with Crippen molar-refractivity contribution in [2.24, 2.45) is 5.92 Å². The van der Waals surface area contributed by atoms with Crippen LogP contribution in [-0.2, 0) is 25.6 Å². The summed E-state index contributed by atoms with van der Waals surface area (Å²) in [5.41, 5.74) is 0.383. The van der Waals surface area contributed by atoms with E-state index in [1.54, 1.807) is 0 Å². The maximum absolute atomic E-state index is 14.9. The number of ether oxygens (including phenoxy) is 1. The van der Waals surface area contributed by atoms with Gasteiger partial charge in [-0.15, -0.1) is 0 Å². The van der Waals surface area contributed by atoms with Crippen LogP contribution in [0.4, 0.5) is 26.3 Å². The Morgan fingerprint density at radius 1 is 0.846 bits per heavy atom. The second-order valence-electron chi connectivity index (χ2n) is 11.7. The predicted molar refractivity (Wildman–Crippen MR) is 172 cm³/mol. The zero-order chi connectivity index (χ0) is 38.8. The first-order valence-electron chi connectivity index (χ1n) is 15.4. The Balaban J connectivity index is 1.98. The SMILES string of the molecule is COc1ccc([C@H](NC(=O)[C@H](Cc2cccc(F)c2)NC(=O)c2cccc(C#N)c2)C(=O)N[C@H](C(=O)C(F)(F)C(=O)NCC(F)(F)F)C(C)C)cc1. The van der Waals surface area contributed by atoms with Gasteiger partial charge in [-0.25, -0.2) is 4.39 Å². The van der Waals surface area contributed by atoms with E-state index in [1.807, 2.05) is 6.07 Å². The first-order chi connectivity index (χ1) is 24.4. The molecule has 3 rings (SSSR count). The van der Waals surface area contributed by atoms with Gasteiger partial charge in [0.15, 0.2) is 0 Å². The van der Waals surface area contributed by atoms with E-state index in [9.17, 15) is 55.6 Å². The molecule has 0 unspecified atom stereocenters. The van der Waals surface area contributed by atoms with E-state index in [0.29, 0.717) is 5.75 Å². The van der Waals surface area contributed by atoms with Crippen molar-refractivity contribution in [2.45, 2.75) is 50.5 Å². The largest absolute Gasteiger partial charge is 0.497 e. The molecular weight excluding hydrogens is 700 g/mol. The third-order valence-corrected chi connectivity index (χ3v) is 7.49. The Bertz CT molecular complexity index is 1830. The maximum atomic E-state index is 14.9. The van der Waals surface area contributed by atoms with E-state index < -0.39 is 77.9 Å². The molecular formula is C35H33F6N5O6. The first-order valence-corrected chi connectivity index (χ1v) is 15.4. The van der Waals surface area contributed by atoms with Gasteiger partial charge in [0.2, 0.25) is 17.6 Å². The number of amides is 4. The molecule has 11 nitrogen and oxygen atoms in total. The molecule has 4 amide bonds. The van der Waals surface area contributed by atoms with Gasteiger partial charge in [-0.3, -0.25) is 24.0 Å². The molecule has 0 spiro atoms. The lowest BCUT2D eigenvalue weighted by molar-refractivity contribution is -0.165. The molecule has 0 fully saturated rings. The number of ketones is 1. The van der Waals surface area contributed by atoms with Crippen molar-refractivity contribution in [3.63, 3.8) is 0 Å². The normalized spacial score (nSPS) is 13.2. The third kappa shape index (κ3) is 11.0. The zero-order valence-corrected chi connectivity index (χ0v) is 27.8. The third-order valence-electron chi connectivity index (χ3n) is 7.49. The fraction of sp³-hybridized carbons (Fsp3) is 0.314. The smallest absolute Gasteiger partial charge is 0.405 e. The molecule has 0 radical (unpaired) electrons. The van der Waals surface area contributed by atoms with Gasteiger partial charge in [0.1, 0.15) is 30.2 Å². The quantitative estimate of drug-likeness (QED) is 0.136. The highest BCUT2D eigenvalue weighted by Crippen LogP contribution is 2.24. The summed E-state index contributed by atoms with van der Waals surface area (Å²) in [6, 6.07) is 12.4. The summed E-state index contributed by atoms with van der Waals surface area (Å²) in [7, 11) is 1.34. The number of hydrogen-bond acceptors (Lipinski definition) is 7. The number of nitrogens with one attached hydrogen (secondary N) is 4. The summed E-state index contributed by atoms with van der Waals surface area (Å²) in [5.74, 6) is -14.4. The van der Waals surface area contributed by atoms with E-state index in [-0.39, 0.29) is 28.7 Å². The molecule has 0 heterocycles.